The fraction of sp³-hybridized carbons (Fsp3) is 0.353. The molecule has 1 aromatic carbocycles. The first kappa shape index (κ1) is 16.5. The fourth-order valence-corrected chi connectivity index (χ4v) is 3.05. The lowest BCUT2D eigenvalue weighted by Gasteiger charge is -2.29. The zero-order chi connectivity index (χ0) is 16.2. The molecule has 1 aromatic heterocycles. The zero-order valence-corrected chi connectivity index (χ0v) is 13.9. The molecule has 4 nitrogen and oxygen atoms in total. The van der Waals surface area contributed by atoms with Crippen LogP contribution in [0.4, 0.5) is 0 Å². The lowest BCUT2D eigenvalue weighted by Crippen LogP contribution is -2.41. The number of methoxy groups -OCH3 is 1. The number of carbonyl (C=O) groups is 1. The second-order valence-corrected chi connectivity index (χ2v) is 6.69. The van der Waals surface area contributed by atoms with E-state index in [4.69, 9.17) is 4.74 Å². The van der Waals surface area contributed by atoms with E-state index < -0.39 is 5.60 Å². The van der Waals surface area contributed by atoms with Crippen LogP contribution in [0.5, 0.6) is 5.75 Å². The predicted octanol–water partition coefficient (Wildman–Crippen LogP) is 3.17. The van der Waals surface area contributed by atoms with E-state index in [1.807, 2.05) is 35.7 Å². The van der Waals surface area contributed by atoms with Crippen LogP contribution < -0.4 is 4.74 Å². The van der Waals surface area contributed by atoms with Crippen molar-refractivity contribution in [1.29, 1.82) is 0 Å². The Hall–Kier alpha value is -1.85. The summed E-state index contributed by atoms with van der Waals surface area (Å²) < 4.78 is 5.24. The predicted molar refractivity (Wildman–Crippen MR) is 88.4 cm³/mol. The quantitative estimate of drug-likeness (QED) is 0.890. The van der Waals surface area contributed by atoms with Crippen molar-refractivity contribution >= 4 is 17.2 Å². The van der Waals surface area contributed by atoms with Gasteiger partial charge in [0.1, 0.15) is 10.6 Å². The third-order valence-corrected chi connectivity index (χ3v) is 4.01. The van der Waals surface area contributed by atoms with Crippen molar-refractivity contribution in [1.82, 2.24) is 4.90 Å². The van der Waals surface area contributed by atoms with Gasteiger partial charge in [-0.05, 0) is 30.9 Å². The van der Waals surface area contributed by atoms with Crippen molar-refractivity contribution < 1.29 is 14.6 Å². The smallest absolute Gasteiger partial charge is 0.268 e. The van der Waals surface area contributed by atoms with Crippen molar-refractivity contribution in [3.8, 4) is 5.75 Å². The summed E-state index contributed by atoms with van der Waals surface area (Å²) in [4.78, 5) is 15.0. The molecule has 22 heavy (non-hydrogen) atoms. The summed E-state index contributed by atoms with van der Waals surface area (Å²) in [6.07, 6.45) is 0. The van der Waals surface area contributed by atoms with Crippen molar-refractivity contribution in [2.45, 2.75) is 26.0 Å². The summed E-state index contributed by atoms with van der Waals surface area (Å²) in [6.45, 7) is 4.10. The minimum absolute atomic E-state index is 0.127. The van der Waals surface area contributed by atoms with Crippen LogP contribution in [0.25, 0.3) is 0 Å². The molecule has 118 valence electrons. The Morgan fingerprint density at radius 3 is 2.55 bits per heavy atom. The Balaban J connectivity index is 2.26. The average Bonchev–Trinajstić information content (AvgIpc) is 2.94. The second-order valence-electron chi connectivity index (χ2n) is 5.78. The van der Waals surface area contributed by atoms with Gasteiger partial charge in [0.25, 0.3) is 5.91 Å². The number of ether oxygens (including phenoxy) is 1. The molecule has 0 radical (unpaired) electrons. The highest BCUT2D eigenvalue weighted by atomic mass is 32.1. The van der Waals surface area contributed by atoms with Gasteiger partial charge in [-0.2, -0.15) is 0 Å². The summed E-state index contributed by atoms with van der Waals surface area (Å²) in [5.74, 6) is 0.446. The van der Waals surface area contributed by atoms with Crippen molar-refractivity contribution in [2.75, 3.05) is 13.7 Å². The van der Waals surface area contributed by atoms with E-state index in [1.54, 1.807) is 31.9 Å². The molecule has 1 amide bonds. The Labute approximate surface area is 135 Å². The lowest BCUT2D eigenvalue weighted by atomic mass is 10.1. The monoisotopic (exact) mass is 319 g/mol. The van der Waals surface area contributed by atoms with Crippen LogP contribution in [0.2, 0.25) is 0 Å². The van der Waals surface area contributed by atoms with Crippen molar-refractivity contribution in [2.24, 2.45) is 0 Å². The topological polar surface area (TPSA) is 49.8 Å². The number of amides is 1. The van der Waals surface area contributed by atoms with Gasteiger partial charge in [0.15, 0.2) is 0 Å². The number of nitrogens with zero attached hydrogens (tertiary/aromatic N) is 1. The minimum atomic E-state index is -0.963. The van der Waals surface area contributed by atoms with Crippen LogP contribution in [0.3, 0.4) is 0 Å². The van der Waals surface area contributed by atoms with Gasteiger partial charge in [-0.1, -0.05) is 30.3 Å². The number of thiophene rings is 1. The maximum absolute atomic E-state index is 12.8. The maximum Gasteiger partial charge on any atom is 0.268 e. The van der Waals surface area contributed by atoms with Crippen molar-refractivity contribution in [3.63, 3.8) is 0 Å². The first-order valence-electron chi connectivity index (χ1n) is 7.08. The fourth-order valence-electron chi connectivity index (χ4n) is 2.23. The van der Waals surface area contributed by atoms with E-state index in [9.17, 15) is 9.90 Å². The molecule has 0 aliphatic rings. The lowest BCUT2D eigenvalue weighted by molar-refractivity contribution is 0.0281. The Bertz CT molecular complexity index is 616. The zero-order valence-electron chi connectivity index (χ0n) is 13.1. The van der Waals surface area contributed by atoms with E-state index in [-0.39, 0.29) is 12.5 Å². The number of hydrogen-bond donors (Lipinski definition) is 1. The van der Waals surface area contributed by atoms with Crippen molar-refractivity contribution in [3.05, 3.63) is 52.2 Å². The first-order chi connectivity index (χ1) is 10.4. The van der Waals surface area contributed by atoms with Gasteiger partial charge in [0.2, 0.25) is 0 Å². The summed E-state index contributed by atoms with van der Waals surface area (Å²) in [6, 6.07) is 11.5. The SMILES string of the molecule is COc1ccsc1C(=O)N(Cc1ccccc1)CC(C)(C)O. The largest absolute Gasteiger partial charge is 0.495 e. The third-order valence-electron chi connectivity index (χ3n) is 3.12. The van der Waals surface area contributed by atoms with Gasteiger partial charge in [-0.25, -0.2) is 0 Å². The van der Waals surface area contributed by atoms with Gasteiger partial charge in [-0.15, -0.1) is 11.3 Å². The first-order valence-corrected chi connectivity index (χ1v) is 7.96. The molecule has 0 atom stereocenters. The second kappa shape index (κ2) is 6.94. The molecule has 2 aromatic rings. The van der Waals surface area contributed by atoms with Gasteiger partial charge in [0, 0.05) is 13.1 Å². The summed E-state index contributed by atoms with van der Waals surface area (Å²) in [5.41, 5.74) is 0.0604. The Morgan fingerprint density at radius 2 is 1.95 bits per heavy atom. The van der Waals surface area contributed by atoms with Crippen LogP contribution >= 0.6 is 11.3 Å². The highest BCUT2D eigenvalue weighted by Crippen LogP contribution is 2.27. The van der Waals surface area contributed by atoms with Gasteiger partial charge >= 0.3 is 0 Å². The van der Waals surface area contributed by atoms with E-state index in [0.29, 0.717) is 17.2 Å². The molecule has 0 saturated heterocycles. The molecular weight excluding hydrogens is 298 g/mol. The molecule has 1 N–H and O–H groups in total. The molecule has 2 rings (SSSR count). The number of aliphatic hydroxyl groups is 1. The van der Waals surface area contributed by atoms with E-state index in [1.165, 1.54) is 11.3 Å². The molecule has 1 heterocycles. The number of rotatable bonds is 6. The van der Waals surface area contributed by atoms with Gasteiger partial charge < -0.3 is 14.7 Å². The molecule has 0 saturated carbocycles. The molecule has 0 spiro atoms. The molecule has 0 aliphatic carbocycles. The molecule has 0 aliphatic heterocycles. The van der Waals surface area contributed by atoms with Crippen LogP contribution in [-0.4, -0.2) is 35.2 Å². The van der Waals surface area contributed by atoms with E-state index in [2.05, 4.69) is 0 Å². The third kappa shape index (κ3) is 4.32. The average molecular weight is 319 g/mol. The van der Waals surface area contributed by atoms with Crippen LogP contribution in [-0.2, 0) is 6.54 Å². The number of carbonyl (C=O) groups excluding carboxylic acids is 1. The van der Waals surface area contributed by atoms with Crippen LogP contribution in [0, 0.1) is 0 Å². The van der Waals surface area contributed by atoms with Gasteiger partial charge in [-0.3, -0.25) is 4.79 Å². The molecule has 0 unspecified atom stereocenters. The summed E-state index contributed by atoms with van der Waals surface area (Å²) in [5, 5.41) is 11.9. The summed E-state index contributed by atoms with van der Waals surface area (Å²) >= 11 is 1.35. The highest BCUT2D eigenvalue weighted by molar-refractivity contribution is 7.12. The molecule has 5 heteroatoms. The van der Waals surface area contributed by atoms with E-state index >= 15 is 0 Å². The van der Waals surface area contributed by atoms with Crippen LogP contribution in [0.1, 0.15) is 29.1 Å². The maximum atomic E-state index is 12.8. The molecule has 0 bridgehead atoms. The molecule has 0 fully saturated rings. The molecular formula is C17H21NO3S. The number of hydrogen-bond acceptors (Lipinski definition) is 4. The van der Waals surface area contributed by atoms with Crippen LogP contribution in [0.15, 0.2) is 41.8 Å². The minimum Gasteiger partial charge on any atom is -0.495 e. The Morgan fingerprint density at radius 1 is 1.27 bits per heavy atom. The highest BCUT2D eigenvalue weighted by Gasteiger charge is 2.26. The Kier molecular flexibility index (Phi) is 5.21. The summed E-state index contributed by atoms with van der Waals surface area (Å²) in [7, 11) is 1.55. The normalized spacial score (nSPS) is 11.3. The standard InChI is InChI=1S/C17H21NO3S/c1-17(2,20)12-18(11-13-7-5-4-6-8-13)16(19)15-14(21-3)9-10-22-15/h4-10,20H,11-12H2,1-3H3. The van der Waals surface area contributed by atoms with Gasteiger partial charge in [0.05, 0.1) is 12.7 Å². The number of benzene rings is 1. The van der Waals surface area contributed by atoms with E-state index in [0.717, 1.165) is 5.56 Å².